The predicted octanol–water partition coefficient (Wildman–Crippen LogP) is 3.81. The lowest BCUT2D eigenvalue weighted by molar-refractivity contribution is 0.513. The van der Waals surface area contributed by atoms with E-state index in [1.807, 2.05) is 0 Å². The maximum atomic E-state index is 13.2. The lowest BCUT2D eigenvalue weighted by Gasteiger charge is -2.15. The van der Waals surface area contributed by atoms with E-state index in [4.69, 9.17) is 0 Å². The number of halogens is 2. The average molecular weight is 213 g/mol. The van der Waals surface area contributed by atoms with Crippen molar-refractivity contribution in [2.24, 2.45) is 5.92 Å². The number of nitrogens with one attached hydrogen (secondary N) is 1. The van der Waals surface area contributed by atoms with Crippen LogP contribution in [0.1, 0.15) is 26.7 Å². The summed E-state index contributed by atoms with van der Waals surface area (Å²) in [6, 6.07) is 3.89. The quantitative estimate of drug-likeness (QED) is 0.784. The van der Waals surface area contributed by atoms with Crippen LogP contribution >= 0.6 is 0 Å². The Kier molecular flexibility index (Phi) is 4.53. The lowest BCUT2D eigenvalue weighted by Crippen LogP contribution is -2.14. The molecule has 0 saturated heterocycles. The van der Waals surface area contributed by atoms with Crippen molar-refractivity contribution in [1.29, 1.82) is 0 Å². The number of para-hydroxylation sites is 1. The second kappa shape index (κ2) is 5.69. The molecule has 0 aliphatic carbocycles. The van der Waals surface area contributed by atoms with Gasteiger partial charge in [-0.25, -0.2) is 8.78 Å². The van der Waals surface area contributed by atoms with Gasteiger partial charge < -0.3 is 5.32 Å². The third kappa shape index (κ3) is 3.18. The molecule has 1 nitrogen and oxygen atoms in total. The Bertz CT molecular complexity index is 288. The first-order valence-corrected chi connectivity index (χ1v) is 5.36. The first-order chi connectivity index (χ1) is 7.19. The molecule has 15 heavy (non-hydrogen) atoms. The van der Waals surface area contributed by atoms with Gasteiger partial charge in [-0.15, -0.1) is 0 Å². The molecule has 0 aromatic heterocycles. The number of rotatable bonds is 5. The molecule has 0 fully saturated rings. The second-order valence-electron chi connectivity index (χ2n) is 3.66. The number of hydrogen-bond donors (Lipinski definition) is 1. The van der Waals surface area contributed by atoms with Gasteiger partial charge in [-0.05, 0) is 18.1 Å². The van der Waals surface area contributed by atoms with Gasteiger partial charge in [0, 0.05) is 6.54 Å². The second-order valence-corrected chi connectivity index (χ2v) is 3.66. The molecule has 0 amide bonds. The Hall–Kier alpha value is -1.12. The van der Waals surface area contributed by atoms with Crippen molar-refractivity contribution in [1.82, 2.24) is 0 Å². The molecule has 84 valence electrons. The maximum Gasteiger partial charge on any atom is 0.149 e. The van der Waals surface area contributed by atoms with Crippen molar-refractivity contribution >= 4 is 5.69 Å². The minimum absolute atomic E-state index is 0.00981. The Balaban J connectivity index is 2.64. The van der Waals surface area contributed by atoms with Gasteiger partial charge in [-0.3, -0.25) is 0 Å². The molecule has 0 spiro atoms. The molecular weight excluding hydrogens is 196 g/mol. The number of hydrogen-bond acceptors (Lipinski definition) is 1. The van der Waals surface area contributed by atoms with E-state index in [0.717, 1.165) is 12.8 Å². The van der Waals surface area contributed by atoms with E-state index in [2.05, 4.69) is 19.2 Å². The first kappa shape index (κ1) is 12.0. The van der Waals surface area contributed by atoms with Crippen molar-refractivity contribution in [3.05, 3.63) is 29.8 Å². The Morgan fingerprint density at radius 2 is 1.67 bits per heavy atom. The largest absolute Gasteiger partial charge is 0.380 e. The van der Waals surface area contributed by atoms with E-state index >= 15 is 0 Å². The molecule has 1 rings (SSSR count). The highest BCUT2D eigenvalue weighted by molar-refractivity contribution is 5.45. The van der Waals surface area contributed by atoms with Gasteiger partial charge in [0.05, 0.1) is 0 Å². The average Bonchev–Trinajstić information content (AvgIpc) is 2.23. The third-order valence-electron chi connectivity index (χ3n) is 2.68. The van der Waals surface area contributed by atoms with Crippen molar-refractivity contribution in [3.63, 3.8) is 0 Å². The van der Waals surface area contributed by atoms with E-state index in [1.165, 1.54) is 18.2 Å². The zero-order chi connectivity index (χ0) is 11.3. The molecule has 3 heteroatoms. The third-order valence-corrected chi connectivity index (χ3v) is 2.68. The van der Waals surface area contributed by atoms with Gasteiger partial charge in [-0.2, -0.15) is 0 Å². The van der Waals surface area contributed by atoms with Gasteiger partial charge in [0.2, 0.25) is 0 Å². The van der Waals surface area contributed by atoms with Gasteiger partial charge in [-0.1, -0.05) is 32.8 Å². The monoisotopic (exact) mass is 213 g/mol. The van der Waals surface area contributed by atoms with E-state index in [0.29, 0.717) is 12.5 Å². The van der Waals surface area contributed by atoms with E-state index in [-0.39, 0.29) is 5.69 Å². The Morgan fingerprint density at radius 1 is 1.13 bits per heavy atom. The van der Waals surface area contributed by atoms with Crippen LogP contribution in [0.2, 0.25) is 0 Å². The number of benzene rings is 1. The van der Waals surface area contributed by atoms with Crippen molar-refractivity contribution in [2.45, 2.75) is 26.7 Å². The lowest BCUT2D eigenvalue weighted by atomic mass is 10.0. The van der Waals surface area contributed by atoms with Crippen molar-refractivity contribution in [2.75, 3.05) is 11.9 Å². The summed E-state index contributed by atoms with van der Waals surface area (Å²) in [5, 5.41) is 2.83. The minimum Gasteiger partial charge on any atom is -0.380 e. The van der Waals surface area contributed by atoms with Gasteiger partial charge in [0.1, 0.15) is 17.3 Å². The molecule has 0 saturated carbocycles. The minimum atomic E-state index is -0.527. The molecule has 0 atom stereocenters. The molecule has 0 unspecified atom stereocenters. The molecular formula is C12H17F2N. The van der Waals surface area contributed by atoms with Gasteiger partial charge >= 0.3 is 0 Å². The fraction of sp³-hybridized carbons (Fsp3) is 0.500. The SMILES string of the molecule is CCC(CC)CNc1c(F)cccc1F. The summed E-state index contributed by atoms with van der Waals surface area (Å²) in [7, 11) is 0. The maximum absolute atomic E-state index is 13.2. The fourth-order valence-corrected chi connectivity index (χ4v) is 1.49. The highest BCUT2D eigenvalue weighted by Crippen LogP contribution is 2.19. The molecule has 0 aliphatic rings. The van der Waals surface area contributed by atoms with Crippen molar-refractivity contribution in [3.8, 4) is 0 Å². The van der Waals surface area contributed by atoms with Crippen LogP contribution in [0.4, 0.5) is 14.5 Å². The molecule has 0 aliphatic heterocycles. The van der Waals surface area contributed by atoms with Gasteiger partial charge in [0.15, 0.2) is 0 Å². The summed E-state index contributed by atoms with van der Waals surface area (Å²) < 4.78 is 26.4. The van der Waals surface area contributed by atoms with E-state index in [9.17, 15) is 8.78 Å². The summed E-state index contributed by atoms with van der Waals surface area (Å²) in [6.45, 7) is 4.77. The summed E-state index contributed by atoms with van der Waals surface area (Å²) in [6.07, 6.45) is 2.03. The highest BCUT2D eigenvalue weighted by Gasteiger charge is 2.09. The molecule has 0 heterocycles. The van der Waals surface area contributed by atoms with Crippen LogP contribution < -0.4 is 5.32 Å². The number of anilines is 1. The molecule has 1 N–H and O–H groups in total. The summed E-state index contributed by atoms with van der Waals surface area (Å²) >= 11 is 0. The zero-order valence-electron chi connectivity index (χ0n) is 9.19. The smallest absolute Gasteiger partial charge is 0.149 e. The Morgan fingerprint density at radius 3 is 2.13 bits per heavy atom. The highest BCUT2D eigenvalue weighted by atomic mass is 19.1. The van der Waals surface area contributed by atoms with Crippen LogP contribution in [0.15, 0.2) is 18.2 Å². The van der Waals surface area contributed by atoms with Crippen LogP contribution in [0.25, 0.3) is 0 Å². The molecule has 1 aromatic rings. The fourth-order valence-electron chi connectivity index (χ4n) is 1.49. The van der Waals surface area contributed by atoms with Crippen molar-refractivity contribution < 1.29 is 8.78 Å². The van der Waals surface area contributed by atoms with E-state index in [1.54, 1.807) is 0 Å². The van der Waals surface area contributed by atoms with Crippen LogP contribution in [0.5, 0.6) is 0 Å². The van der Waals surface area contributed by atoms with E-state index < -0.39 is 11.6 Å². The van der Waals surface area contributed by atoms with Crippen LogP contribution in [0, 0.1) is 17.6 Å². The Labute approximate surface area is 89.5 Å². The zero-order valence-corrected chi connectivity index (χ0v) is 9.19. The topological polar surface area (TPSA) is 12.0 Å². The normalized spacial score (nSPS) is 10.7. The molecule has 0 radical (unpaired) electrons. The summed E-state index contributed by atoms with van der Waals surface area (Å²) in [5.41, 5.74) is -0.00981. The van der Waals surface area contributed by atoms with Gasteiger partial charge in [0.25, 0.3) is 0 Å². The molecule has 0 bridgehead atoms. The standard InChI is InChI=1S/C12H17F2N/c1-3-9(4-2)8-15-12-10(13)6-5-7-11(12)14/h5-7,9,15H,3-4,8H2,1-2H3. The predicted molar refractivity (Wildman–Crippen MR) is 58.9 cm³/mol. The molecule has 1 aromatic carbocycles. The summed E-state index contributed by atoms with van der Waals surface area (Å²) in [5.74, 6) is -0.592. The first-order valence-electron chi connectivity index (χ1n) is 5.36. The van der Waals surface area contributed by atoms with Crippen LogP contribution in [0.3, 0.4) is 0 Å². The van der Waals surface area contributed by atoms with Crippen LogP contribution in [-0.4, -0.2) is 6.54 Å². The summed E-state index contributed by atoms with van der Waals surface area (Å²) in [4.78, 5) is 0. The van der Waals surface area contributed by atoms with Crippen LogP contribution in [-0.2, 0) is 0 Å².